The van der Waals surface area contributed by atoms with Crippen LogP contribution in [0, 0.1) is 0 Å². The summed E-state index contributed by atoms with van der Waals surface area (Å²) in [5.41, 5.74) is 5.73. The number of nitrogens with one attached hydrogen (secondary N) is 1. The third kappa shape index (κ3) is 2.38. The molecular weight excluding hydrogens is 180 g/mol. The lowest BCUT2D eigenvalue weighted by atomic mass is 10.2. The van der Waals surface area contributed by atoms with Crippen molar-refractivity contribution in [1.82, 2.24) is 9.78 Å². The van der Waals surface area contributed by atoms with Crippen molar-refractivity contribution in [3.8, 4) is 5.88 Å². The van der Waals surface area contributed by atoms with Crippen molar-refractivity contribution in [2.24, 2.45) is 12.8 Å². The standard InChI is InChI=1S/C9H18N4O/c1-6(10)7(2)11-8-5-9(14-4)13(3)12-8/h5-7H,10H2,1-4H3,(H,11,12). The van der Waals surface area contributed by atoms with Gasteiger partial charge in [-0.1, -0.05) is 0 Å². The molecule has 0 aliphatic carbocycles. The van der Waals surface area contributed by atoms with E-state index < -0.39 is 0 Å². The minimum absolute atomic E-state index is 0.0861. The number of ether oxygens (including phenoxy) is 1. The van der Waals surface area contributed by atoms with Crippen molar-refractivity contribution in [2.45, 2.75) is 25.9 Å². The minimum atomic E-state index is 0.0861. The molecule has 80 valence electrons. The van der Waals surface area contributed by atoms with Gasteiger partial charge in [0, 0.05) is 25.2 Å². The molecule has 3 N–H and O–H groups in total. The zero-order valence-electron chi connectivity index (χ0n) is 9.11. The Morgan fingerprint density at radius 2 is 2.21 bits per heavy atom. The van der Waals surface area contributed by atoms with Crippen LogP contribution in [0.5, 0.6) is 5.88 Å². The van der Waals surface area contributed by atoms with Gasteiger partial charge in [-0.2, -0.15) is 5.10 Å². The number of nitrogens with two attached hydrogens (primary N) is 1. The summed E-state index contributed by atoms with van der Waals surface area (Å²) in [6.45, 7) is 3.98. The van der Waals surface area contributed by atoms with Crippen LogP contribution in [0.25, 0.3) is 0 Å². The third-order valence-corrected chi connectivity index (χ3v) is 2.21. The molecule has 2 atom stereocenters. The largest absolute Gasteiger partial charge is 0.481 e. The van der Waals surface area contributed by atoms with E-state index in [0.29, 0.717) is 0 Å². The van der Waals surface area contributed by atoms with Gasteiger partial charge in [-0.05, 0) is 13.8 Å². The van der Waals surface area contributed by atoms with E-state index >= 15 is 0 Å². The molecule has 14 heavy (non-hydrogen) atoms. The summed E-state index contributed by atoms with van der Waals surface area (Å²) >= 11 is 0. The highest BCUT2D eigenvalue weighted by Gasteiger charge is 2.10. The van der Waals surface area contributed by atoms with E-state index in [0.717, 1.165) is 11.7 Å². The van der Waals surface area contributed by atoms with Gasteiger partial charge in [-0.15, -0.1) is 0 Å². The Balaban J connectivity index is 2.68. The summed E-state index contributed by atoms with van der Waals surface area (Å²) in [4.78, 5) is 0. The molecule has 0 amide bonds. The van der Waals surface area contributed by atoms with Crippen molar-refractivity contribution in [3.05, 3.63) is 6.07 Å². The normalized spacial score (nSPS) is 14.9. The second-order valence-electron chi connectivity index (χ2n) is 3.49. The Morgan fingerprint density at radius 3 is 2.64 bits per heavy atom. The van der Waals surface area contributed by atoms with E-state index in [1.807, 2.05) is 27.0 Å². The fourth-order valence-electron chi connectivity index (χ4n) is 1.08. The molecule has 0 aromatic carbocycles. The molecule has 0 aliphatic heterocycles. The number of anilines is 1. The summed E-state index contributed by atoms with van der Waals surface area (Å²) in [6.07, 6.45) is 0. The number of methoxy groups -OCH3 is 1. The molecule has 1 aromatic heterocycles. The maximum Gasteiger partial charge on any atom is 0.213 e. The second kappa shape index (κ2) is 4.32. The van der Waals surface area contributed by atoms with Gasteiger partial charge in [0.25, 0.3) is 0 Å². The number of rotatable bonds is 4. The van der Waals surface area contributed by atoms with Gasteiger partial charge < -0.3 is 15.8 Å². The van der Waals surface area contributed by atoms with Gasteiger partial charge in [-0.3, -0.25) is 0 Å². The molecular formula is C9H18N4O. The molecule has 0 saturated heterocycles. The van der Waals surface area contributed by atoms with Crippen LogP contribution in [0.4, 0.5) is 5.82 Å². The first kappa shape index (κ1) is 10.8. The van der Waals surface area contributed by atoms with Crippen molar-refractivity contribution >= 4 is 5.82 Å². The van der Waals surface area contributed by atoms with Crippen molar-refractivity contribution < 1.29 is 4.74 Å². The first-order chi connectivity index (χ1) is 6.54. The zero-order valence-corrected chi connectivity index (χ0v) is 9.11. The summed E-state index contributed by atoms with van der Waals surface area (Å²) in [7, 11) is 3.45. The van der Waals surface area contributed by atoms with Gasteiger partial charge in [0.15, 0.2) is 5.82 Å². The van der Waals surface area contributed by atoms with Crippen LogP contribution in [-0.2, 0) is 7.05 Å². The minimum Gasteiger partial charge on any atom is -0.481 e. The number of nitrogens with zero attached hydrogens (tertiary/aromatic N) is 2. The summed E-state index contributed by atoms with van der Waals surface area (Å²) in [5, 5.41) is 7.43. The van der Waals surface area contributed by atoms with Crippen LogP contribution < -0.4 is 15.8 Å². The predicted molar refractivity (Wildman–Crippen MR) is 56.5 cm³/mol. The second-order valence-corrected chi connectivity index (χ2v) is 3.49. The molecule has 0 spiro atoms. The number of hydrogen-bond acceptors (Lipinski definition) is 4. The fraction of sp³-hybridized carbons (Fsp3) is 0.667. The summed E-state index contributed by atoms with van der Waals surface area (Å²) in [6, 6.07) is 2.12. The van der Waals surface area contributed by atoms with Crippen LogP contribution in [0.3, 0.4) is 0 Å². The maximum absolute atomic E-state index is 5.73. The van der Waals surface area contributed by atoms with E-state index in [1.165, 1.54) is 0 Å². The lowest BCUT2D eigenvalue weighted by molar-refractivity contribution is 0.373. The van der Waals surface area contributed by atoms with E-state index in [9.17, 15) is 0 Å². The molecule has 0 fully saturated rings. The number of hydrogen-bond donors (Lipinski definition) is 2. The number of aryl methyl sites for hydroxylation is 1. The van der Waals surface area contributed by atoms with Crippen LogP contribution in [0.15, 0.2) is 6.07 Å². The number of aromatic nitrogens is 2. The van der Waals surface area contributed by atoms with Crippen LogP contribution in [-0.4, -0.2) is 29.0 Å². The van der Waals surface area contributed by atoms with Crippen molar-refractivity contribution in [2.75, 3.05) is 12.4 Å². The average molecular weight is 198 g/mol. The van der Waals surface area contributed by atoms with E-state index in [4.69, 9.17) is 10.5 Å². The third-order valence-electron chi connectivity index (χ3n) is 2.21. The Hall–Kier alpha value is -1.23. The molecule has 5 nitrogen and oxygen atoms in total. The van der Waals surface area contributed by atoms with Crippen LogP contribution >= 0.6 is 0 Å². The van der Waals surface area contributed by atoms with Gasteiger partial charge >= 0.3 is 0 Å². The predicted octanol–water partition coefficient (Wildman–Crippen LogP) is 0.576. The molecule has 0 saturated carbocycles. The molecule has 1 aromatic rings. The molecule has 0 radical (unpaired) electrons. The molecule has 5 heteroatoms. The van der Waals surface area contributed by atoms with E-state index in [2.05, 4.69) is 10.4 Å². The molecule has 1 rings (SSSR count). The lowest BCUT2D eigenvalue weighted by Crippen LogP contribution is -2.35. The smallest absolute Gasteiger partial charge is 0.213 e. The highest BCUT2D eigenvalue weighted by molar-refractivity contribution is 5.39. The SMILES string of the molecule is COc1cc(NC(C)C(C)N)nn1C. The van der Waals surface area contributed by atoms with Crippen molar-refractivity contribution in [3.63, 3.8) is 0 Å². The van der Waals surface area contributed by atoms with Gasteiger partial charge in [-0.25, -0.2) is 4.68 Å². The topological polar surface area (TPSA) is 65.1 Å². The highest BCUT2D eigenvalue weighted by Crippen LogP contribution is 2.16. The van der Waals surface area contributed by atoms with Crippen LogP contribution in [0.1, 0.15) is 13.8 Å². The Kier molecular flexibility index (Phi) is 3.35. The van der Waals surface area contributed by atoms with Crippen LogP contribution in [0.2, 0.25) is 0 Å². The Bertz CT molecular complexity index is 295. The Labute approximate surface area is 84.2 Å². The van der Waals surface area contributed by atoms with E-state index in [-0.39, 0.29) is 12.1 Å². The lowest BCUT2D eigenvalue weighted by Gasteiger charge is -2.16. The maximum atomic E-state index is 5.73. The fourth-order valence-corrected chi connectivity index (χ4v) is 1.08. The first-order valence-corrected chi connectivity index (χ1v) is 4.64. The summed E-state index contributed by atoms with van der Waals surface area (Å²) < 4.78 is 6.77. The first-order valence-electron chi connectivity index (χ1n) is 4.64. The average Bonchev–Trinajstić information content (AvgIpc) is 2.45. The van der Waals surface area contributed by atoms with E-state index in [1.54, 1.807) is 11.8 Å². The molecule has 0 bridgehead atoms. The van der Waals surface area contributed by atoms with Gasteiger partial charge in [0.2, 0.25) is 5.88 Å². The molecule has 2 unspecified atom stereocenters. The summed E-state index contributed by atoms with van der Waals surface area (Å²) in [5.74, 6) is 1.51. The molecule has 0 aliphatic rings. The Morgan fingerprint density at radius 1 is 1.57 bits per heavy atom. The van der Waals surface area contributed by atoms with Gasteiger partial charge in [0.1, 0.15) is 0 Å². The highest BCUT2D eigenvalue weighted by atomic mass is 16.5. The zero-order chi connectivity index (χ0) is 10.7. The quantitative estimate of drug-likeness (QED) is 0.742. The monoisotopic (exact) mass is 198 g/mol. The van der Waals surface area contributed by atoms with Gasteiger partial charge in [0.05, 0.1) is 7.11 Å². The molecule has 1 heterocycles. The van der Waals surface area contributed by atoms with Crippen molar-refractivity contribution in [1.29, 1.82) is 0 Å².